The fourth-order valence-corrected chi connectivity index (χ4v) is 6.55. The highest BCUT2D eigenvalue weighted by molar-refractivity contribution is 6.00. The number of carbonyl (C=O) groups is 2. The van der Waals surface area contributed by atoms with Gasteiger partial charge in [-0.2, -0.15) is 18.4 Å². The lowest BCUT2D eigenvalue weighted by atomic mass is 9.63. The van der Waals surface area contributed by atoms with Crippen molar-refractivity contribution in [3.63, 3.8) is 0 Å². The van der Waals surface area contributed by atoms with Gasteiger partial charge in [0.15, 0.2) is 0 Å². The SMILES string of the molecule is CCN(C(=O)O)[C@H]1C[C@@]2(C)O[C@@]13CCO[C@H]1[C@@H]3[C@@H]2C(=O)N1c1ccc(C#N)c(C(F)(F)F)c1. The van der Waals surface area contributed by atoms with Gasteiger partial charge >= 0.3 is 12.3 Å². The lowest BCUT2D eigenvalue weighted by molar-refractivity contribution is -0.152. The first-order valence-electron chi connectivity index (χ1n) is 10.7. The van der Waals surface area contributed by atoms with Crippen LogP contribution in [0, 0.1) is 23.2 Å². The van der Waals surface area contributed by atoms with Gasteiger partial charge in [-0.3, -0.25) is 9.69 Å². The van der Waals surface area contributed by atoms with Gasteiger partial charge in [0.05, 0.1) is 52.9 Å². The molecule has 5 rings (SSSR count). The molecule has 4 fully saturated rings. The number of carboxylic acid groups (broad SMARTS) is 1. The normalized spacial score (nSPS) is 36.6. The van der Waals surface area contributed by atoms with Crippen molar-refractivity contribution in [1.29, 1.82) is 5.26 Å². The predicted molar refractivity (Wildman–Crippen MR) is 106 cm³/mol. The number of hydrogen-bond acceptors (Lipinski definition) is 5. The Bertz CT molecular complexity index is 1090. The molecule has 1 spiro atoms. The van der Waals surface area contributed by atoms with Crippen LogP contribution in [-0.2, 0) is 20.4 Å². The zero-order valence-corrected chi connectivity index (χ0v) is 17.9. The Morgan fingerprint density at radius 3 is 2.76 bits per heavy atom. The molecule has 1 aromatic carbocycles. The topological polar surface area (TPSA) is 103 Å². The molecule has 2 bridgehead atoms. The van der Waals surface area contributed by atoms with Crippen molar-refractivity contribution >= 4 is 17.7 Å². The van der Waals surface area contributed by atoms with Crippen LogP contribution in [0.1, 0.15) is 37.8 Å². The molecule has 0 saturated carbocycles. The summed E-state index contributed by atoms with van der Waals surface area (Å²) in [5, 5.41) is 18.8. The van der Waals surface area contributed by atoms with E-state index in [-0.39, 0.29) is 18.8 Å². The maximum absolute atomic E-state index is 13.6. The van der Waals surface area contributed by atoms with Gasteiger partial charge in [-0.1, -0.05) is 0 Å². The average Bonchev–Trinajstić information content (AvgIpc) is 3.31. The van der Waals surface area contributed by atoms with Crippen molar-refractivity contribution in [1.82, 2.24) is 4.90 Å². The standard InChI is InChI=1S/C22H22F3N3O5/c1-3-27(19(30)31)14-9-20(2)15-16-18(32-7-6-21(14,16)33-20)28(17(15)29)12-5-4-11(10-26)13(8-12)22(23,24)25/h4-5,8,14-16,18H,3,6-7,9H2,1-2H3,(H,30,31)/t14-,15+,16-,18-,20+,21-/m0/s1. The second-order valence-corrected chi connectivity index (χ2v) is 9.22. The molecule has 6 atom stereocenters. The van der Waals surface area contributed by atoms with Gasteiger partial charge in [0.1, 0.15) is 6.23 Å². The second kappa shape index (κ2) is 6.84. The van der Waals surface area contributed by atoms with Gasteiger partial charge in [-0.05, 0) is 32.0 Å². The highest BCUT2D eigenvalue weighted by atomic mass is 19.4. The molecule has 4 saturated heterocycles. The molecule has 0 aliphatic carbocycles. The van der Waals surface area contributed by atoms with Crippen molar-refractivity contribution < 1.29 is 37.3 Å². The Balaban J connectivity index is 1.60. The molecule has 8 nitrogen and oxygen atoms in total. The molecule has 4 aliphatic rings. The Hall–Kier alpha value is -2.84. The number of likely N-dealkylation sites (N-methyl/N-ethyl adjacent to an activating group) is 1. The molecular weight excluding hydrogens is 443 g/mol. The van der Waals surface area contributed by atoms with E-state index in [0.29, 0.717) is 12.8 Å². The largest absolute Gasteiger partial charge is 0.465 e. The van der Waals surface area contributed by atoms with Crippen LogP contribution in [0.15, 0.2) is 18.2 Å². The van der Waals surface area contributed by atoms with Crippen molar-refractivity contribution in [2.24, 2.45) is 11.8 Å². The quantitative estimate of drug-likeness (QED) is 0.736. The number of carbonyl (C=O) groups excluding carboxylic acids is 1. The van der Waals surface area contributed by atoms with Crippen molar-refractivity contribution in [2.75, 3.05) is 18.1 Å². The van der Waals surface area contributed by atoms with Gasteiger partial charge in [-0.25, -0.2) is 4.79 Å². The first-order chi connectivity index (χ1) is 15.5. The first kappa shape index (κ1) is 22.0. The summed E-state index contributed by atoms with van der Waals surface area (Å²) in [5.74, 6) is -1.61. The summed E-state index contributed by atoms with van der Waals surface area (Å²) in [6, 6.07) is 4.23. The highest BCUT2D eigenvalue weighted by Gasteiger charge is 2.79. The van der Waals surface area contributed by atoms with Gasteiger partial charge in [-0.15, -0.1) is 0 Å². The summed E-state index contributed by atoms with van der Waals surface area (Å²) in [6.45, 7) is 3.91. The summed E-state index contributed by atoms with van der Waals surface area (Å²) >= 11 is 0. The van der Waals surface area contributed by atoms with Crippen LogP contribution in [0.5, 0.6) is 0 Å². The Kier molecular flexibility index (Phi) is 4.55. The van der Waals surface area contributed by atoms with E-state index in [4.69, 9.17) is 14.7 Å². The molecule has 11 heteroatoms. The minimum absolute atomic E-state index is 0.00657. The molecule has 4 heterocycles. The fraction of sp³-hybridized carbons (Fsp3) is 0.591. The van der Waals surface area contributed by atoms with Gasteiger partial charge in [0, 0.05) is 25.1 Å². The fourth-order valence-electron chi connectivity index (χ4n) is 6.55. The van der Waals surface area contributed by atoms with Gasteiger partial charge in [0.2, 0.25) is 5.91 Å². The van der Waals surface area contributed by atoms with Crippen molar-refractivity contribution in [3.05, 3.63) is 29.3 Å². The predicted octanol–water partition coefficient (Wildman–Crippen LogP) is 3.20. The number of nitriles is 1. The van der Waals surface area contributed by atoms with Crippen LogP contribution in [0.2, 0.25) is 0 Å². The number of nitrogens with zero attached hydrogens (tertiary/aromatic N) is 3. The maximum atomic E-state index is 13.6. The van der Waals surface area contributed by atoms with Crippen LogP contribution in [0.25, 0.3) is 0 Å². The molecule has 0 unspecified atom stereocenters. The lowest BCUT2D eigenvalue weighted by Gasteiger charge is -2.48. The van der Waals surface area contributed by atoms with E-state index < -0.39 is 64.6 Å². The first-order valence-corrected chi connectivity index (χ1v) is 10.7. The number of fused-ring (bicyclic) bond motifs is 2. The summed E-state index contributed by atoms with van der Waals surface area (Å²) in [4.78, 5) is 28.1. The van der Waals surface area contributed by atoms with E-state index >= 15 is 0 Å². The van der Waals surface area contributed by atoms with Crippen molar-refractivity contribution in [2.45, 2.75) is 56.3 Å². The van der Waals surface area contributed by atoms with E-state index in [2.05, 4.69) is 0 Å². The Morgan fingerprint density at radius 1 is 1.42 bits per heavy atom. The van der Waals surface area contributed by atoms with Crippen LogP contribution in [0.3, 0.4) is 0 Å². The molecule has 176 valence electrons. The number of alkyl halides is 3. The summed E-state index contributed by atoms with van der Waals surface area (Å²) in [7, 11) is 0. The third-order valence-electron chi connectivity index (χ3n) is 7.68. The molecule has 2 amide bonds. The number of rotatable bonds is 3. The van der Waals surface area contributed by atoms with Crippen LogP contribution in [-0.4, -0.2) is 58.6 Å². The minimum Gasteiger partial charge on any atom is -0.465 e. The van der Waals surface area contributed by atoms with Crippen molar-refractivity contribution in [3.8, 4) is 6.07 Å². The monoisotopic (exact) mass is 465 g/mol. The number of ether oxygens (including phenoxy) is 2. The highest BCUT2D eigenvalue weighted by Crippen LogP contribution is 2.66. The lowest BCUT2D eigenvalue weighted by Crippen LogP contribution is -2.62. The van der Waals surface area contributed by atoms with E-state index in [1.165, 1.54) is 15.9 Å². The Labute approximate surface area is 187 Å². The van der Waals surface area contributed by atoms with Crippen LogP contribution < -0.4 is 4.90 Å². The van der Waals surface area contributed by atoms with Crippen LogP contribution in [0.4, 0.5) is 23.7 Å². The Morgan fingerprint density at radius 2 is 2.15 bits per heavy atom. The number of halogens is 3. The summed E-state index contributed by atoms with van der Waals surface area (Å²) in [5.41, 5.74) is -3.58. The smallest absolute Gasteiger partial charge is 0.417 e. The molecule has 4 aliphatic heterocycles. The van der Waals surface area contributed by atoms with E-state index in [0.717, 1.165) is 12.1 Å². The zero-order chi connectivity index (χ0) is 23.9. The van der Waals surface area contributed by atoms with E-state index in [1.54, 1.807) is 19.9 Å². The van der Waals surface area contributed by atoms with Gasteiger partial charge < -0.3 is 19.5 Å². The number of hydrogen-bond donors (Lipinski definition) is 1. The summed E-state index contributed by atoms with van der Waals surface area (Å²) < 4.78 is 53.1. The maximum Gasteiger partial charge on any atom is 0.417 e. The summed E-state index contributed by atoms with van der Waals surface area (Å²) in [6.07, 6.45) is -6.03. The van der Waals surface area contributed by atoms with E-state index in [1.807, 2.05) is 0 Å². The number of benzene rings is 1. The molecule has 0 aromatic heterocycles. The molecule has 1 aromatic rings. The molecule has 1 N–H and O–H groups in total. The third kappa shape index (κ3) is 2.77. The number of anilines is 1. The molecular formula is C22H22F3N3O5. The second-order valence-electron chi connectivity index (χ2n) is 9.22. The molecule has 0 radical (unpaired) electrons. The average molecular weight is 465 g/mol. The number of amides is 2. The third-order valence-corrected chi connectivity index (χ3v) is 7.68. The zero-order valence-electron chi connectivity index (χ0n) is 17.9. The van der Waals surface area contributed by atoms with E-state index in [9.17, 15) is 27.9 Å². The molecule has 33 heavy (non-hydrogen) atoms. The minimum atomic E-state index is -4.77. The van der Waals surface area contributed by atoms with Gasteiger partial charge in [0.25, 0.3) is 0 Å². The van der Waals surface area contributed by atoms with Crippen LogP contribution >= 0.6 is 0 Å².